The van der Waals surface area contributed by atoms with Crippen molar-refractivity contribution in [1.82, 2.24) is 4.98 Å². The summed E-state index contributed by atoms with van der Waals surface area (Å²) in [6.07, 6.45) is 1.47. The summed E-state index contributed by atoms with van der Waals surface area (Å²) in [4.78, 5) is 3.59. The maximum atomic E-state index is 12.7. The fourth-order valence-corrected chi connectivity index (χ4v) is 1.88. The van der Waals surface area contributed by atoms with Gasteiger partial charge in [-0.05, 0) is 29.8 Å². The molecule has 0 atom stereocenters. The molecular weight excluding hydrogens is 247 g/mol. The summed E-state index contributed by atoms with van der Waals surface area (Å²) in [7, 11) is 0. The summed E-state index contributed by atoms with van der Waals surface area (Å²) in [5.74, 6) is 1.06. The molecule has 0 saturated carbocycles. The summed E-state index contributed by atoms with van der Waals surface area (Å²) < 4.78 is 23.6. The Morgan fingerprint density at radius 3 is 2.74 bits per heavy atom. The van der Waals surface area contributed by atoms with Crippen molar-refractivity contribution >= 4 is 5.69 Å². The third kappa shape index (κ3) is 2.76. The zero-order chi connectivity index (χ0) is 13.1. The molecule has 0 saturated heterocycles. The predicted octanol–water partition coefficient (Wildman–Crippen LogP) is 2.60. The van der Waals surface area contributed by atoms with Crippen molar-refractivity contribution in [2.75, 3.05) is 18.5 Å². The first-order valence-electron chi connectivity index (χ1n) is 6.05. The lowest BCUT2D eigenvalue weighted by Crippen LogP contribution is -2.15. The van der Waals surface area contributed by atoms with E-state index in [0.717, 1.165) is 22.7 Å². The number of rotatable bonds is 3. The van der Waals surface area contributed by atoms with Gasteiger partial charge in [-0.1, -0.05) is 6.07 Å². The van der Waals surface area contributed by atoms with Crippen LogP contribution in [-0.2, 0) is 6.54 Å². The molecule has 1 aliphatic heterocycles. The number of hydrogen-bond acceptors (Lipinski definition) is 4. The zero-order valence-electron chi connectivity index (χ0n) is 10.2. The van der Waals surface area contributed by atoms with Crippen LogP contribution in [0.5, 0.6) is 11.5 Å². The Kier molecular flexibility index (Phi) is 3.18. The highest BCUT2D eigenvalue weighted by atomic mass is 19.1. The summed E-state index contributed by atoms with van der Waals surface area (Å²) in [6.45, 7) is 1.78. The van der Waals surface area contributed by atoms with Crippen molar-refractivity contribution in [2.45, 2.75) is 6.54 Å². The minimum atomic E-state index is -0.482. The summed E-state index contributed by atoms with van der Waals surface area (Å²) in [6, 6.07) is 8.79. The van der Waals surface area contributed by atoms with E-state index >= 15 is 0 Å². The molecule has 0 amide bonds. The molecule has 1 aromatic heterocycles. The number of pyridine rings is 1. The van der Waals surface area contributed by atoms with Crippen molar-refractivity contribution in [3.05, 3.63) is 48.0 Å². The third-order valence-electron chi connectivity index (χ3n) is 2.83. The highest BCUT2D eigenvalue weighted by molar-refractivity contribution is 5.46. The molecule has 0 fully saturated rings. The molecule has 0 aliphatic carbocycles. The molecule has 4 nitrogen and oxygen atoms in total. The Morgan fingerprint density at radius 1 is 1.11 bits per heavy atom. The van der Waals surface area contributed by atoms with Gasteiger partial charge in [0.2, 0.25) is 5.95 Å². The van der Waals surface area contributed by atoms with Gasteiger partial charge in [-0.3, -0.25) is 0 Å². The molecule has 3 rings (SSSR count). The standard InChI is InChI=1S/C14H13FN2O2/c15-14-4-2-11(9-17-14)16-8-10-1-3-12-13(7-10)19-6-5-18-12/h1-4,7,9,16H,5-6,8H2. The Hall–Kier alpha value is -2.30. The van der Waals surface area contributed by atoms with E-state index in [9.17, 15) is 4.39 Å². The Labute approximate surface area is 110 Å². The van der Waals surface area contributed by atoms with Crippen LogP contribution in [0.3, 0.4) is 0 Å². The van der Waals surface area contributed by atoms with Crippen LogP contribution >= 0.6 is 0 Å². The van der Waals surface area contributed by atoms with E-state index in [4.69, 9.17) is 9.47 Å². The molecule has 19 heavy (non-hydrogen) atoms. The first-order valence-corrected chi connectivity index (χ1v) is 6.05. The minimum Gasteiger partial charge on any atom is -0.486 e. The van der Waals surface area contributed by atoms with Crippen LogP contribution in [0.25, 0.3) is 0 Å². The van der Waals surface area contributed by atoms with Crippen LogP contribution in [0.1, 0.15) is 5.56 Å². The van der Waals surface area contributed by atoms with Crippen LogP contribution in [0.15, 0.2) is 36.5 Å². The molecule has 2 aromatic rings. The van der Waals surface area contributed by atoms with Crippen LogP contribution in [-0.4, -0.2) is 18.2 Å². The molecule has 0 spiro atoms. The van der Waals surface area contributed by atoms with Crippen molar-refractivity contribution in [3.63, 3.8) is 0 Å². The molecule has 5 heteroatoms. The van der Waals surface area contributed by atoms with E-state index in [2.05, 4.69) is 10.3 Å². The average molecular weight is 260 g/mol. The molecule has 2 heterocycles. The largest absolute Gasteiger partial charge is 0.486 e. The van der Waals surface area contributed by atoms with Crippen LogP contribution in [0.4, 0.5) is 10.1 Å². The lowest BCUT2D eigenvalue weighted by atomic mass is 10.2. The van der Waals surface area contributed by atoms with Gasteiger partial charge in [0, 0.05) is 6.54 Å². The highest BCUT2D eigenvalue weighted by Gasteiger charge is 2.11. The number of benzene rings is 1. The quantitative estimate of drug-likeness (QED) is 0.861. The number of anilines is 1. The van der Waals surface area contributed by atoms with E-state index in [1.165, 1.54) is 12.3 Å². The molecule has 98 valence electrons. The Balaban J connectivity index is 1.68. The van der Waals surface area contributed by atoms with Gasteiger partial charge < -0.3 is 14.8 Å². The van der Waals surface area contributed by atoms with Crippen molar-refractivity contribution in [3.8, 4) is 11.5 Å². The van der Waals surface area contributed by atoms with Crippen molar-refractivity contribution in [1.29, 1.82) is 0 Å². The van der Waals surface area contributed by atoms with E-state index in [0.29, 0.717) is 19.8 Å². The number of halogens is 1. The minimum absolute atomic E-state index is 0.482. The summed E-state index contributed by atoms with van der Waals surface area (Å²) in [5.41, 5.74) is 1.84. The number of nitrogens with zero attached hydrogens (tertiary/aromatic N) is 1. The van der Waals surface area contributed by atoms with Gasteiger partial charge >= 0.3 is 0 Å². The molecular formula is C14H13FN2O2. The van der Waals surface area contributed by atoms with E-state index in [-0.39, 0.29) is 0 Å². The van der Waals surface area contributed by atoms with Crippen molar-refractivity contribution < 1.29 is 13.9 Å². The second-order valence-electron chi connectivity index (χ2n) is 4.20. The smallest absolute Gasteiger partial charge is 0.212 e. The van der Waals surface area contributed by atoms with Gasteiger partial charge in [0.05, 0.1) is 11.9 Å². The SMILES string of the molecule is Fc1ccc(NCc2ccc3c(c2)OCCO3)cn1. The topological polar surface area (TPSA) is 43.4 Å². The van der Waals surface area contributed by atoms with Crippen molar-refractivity contribution in [2.24, 2.45) is 0 Å². The maximum Gasteiger partial charge on any atom is 0.212 e. The third-order valence-corrected chi connectivity index (χ3v) is 2.83. The normalized spacial score (nSPS) is 13.1. The number of nitrogens with one attached hydrogen (secondary N) is 1. The van der Waals surface area contributed by atoms with E-state index in [1.807, 2.05) is 18.2 Å². The highest BCUT2D eigenvalue weighted by Crippen LogP contribution is 2.30. The van der Waals surface area contributed by atoms with Crippen LogP contribution in [0, 0.1) is 5.95 Å². The molecule has 0 bridgehead atoms. The number of aromatic nitrogens is 1. The average Bonchev–Trinajstić information content (AvgIpc) is 2.46. The number of hydrogen-bond donors (Lipinski definition) is 1. The number of ether oxygens (including phenoxy) is 2. The van der Waals surface area contributed by atoms with Crippen LogP contribution < -0.4 is 14.8 Å². The van der Waals surface area contributed by atoms with Gasteiger partial charge in [0.15, 0.2) is 11.5 Å². The van der Waals surface area contributed by atoms with E-state index < -0.39 is 5.95 Å². The molecule has 0 radical (unpaired) electrons. The maximum absolute atomic E-state index is 12.7. The first-order chi connectivity index (χ1) is 9.31. The first kappa shape index (κ1) is 11.8. The van der Waals surface area contributed by atoms with Gasteiger partial charge in [0.25, 0.3) is 0 Å². The Morgan fingerprint density at radius 2 is 1.95 bits per heavy atom. The lowest BCUT2D eigenvalue weighted by Gasteiger charge is -2.19. The fourth-order valence-electron chi connectivity index (χ4n) is 1.88. The van der Waals surface area contributed by atoms with Crippen LogP contribution in [0.2, 0.25) is 0 Å². The lowest BCUT2D eigenvalue weighted by molar-refractivity contribution is 0.171. The second kappa shape index (κ2) is 5.14. The predicted molar refractivity (Wildman–Crippen MR) is 69.0 cm³/mol. The molecule has 1 aliphatic rings. The summed E-state index contributed by atoms with van der Waals surface area (Å²) in [5, 5.41) is 3.17. The monoisotopic (exact) mass is 260 g/mol. The van der Waals surface area contributed by atoms with Gasteiger partial charge in [-0.15, -0.1) is 0 Å². The zero-order valence-corrected chi connectivity index (χ0v) is 10.2. The van der Waals surface area contributed by atoms with Gasteiger partial charge in [-0.25, -0.2) is 4.98 Å². The molecule has 1 aromatic carbocycles. The summed E-state index contributed by atoms with van der Waals surface area (Å²) >= 11 is 0. The Bertz CT molecular complexity index is 572. The number of fused-ring (bicyclic) bond motifs is 1. The van der Waals surface area contributed by atoms with Gasteiger partial charge in [0.1, 0.15) is 13.2 Å². The molecule has 0 unspecified atom stereocenters. The molecule has 1 N–H and O–H groups in total. The second-order valence-corrected chi connectivity index (χ2v) is 4.20. The fraction of sp³-hybridized carbons (Fsp3) is 0.214. The van der Waals surface area contributed by atoms with Gasteiger partial charge in [-0.2, -0.15) is 4.39 Å². The van der Waals surface area contributed by atoms with E-state index in [1.54, 1.807) is 6.07 Å².